The highest BCUT2D eigenvalue weighted by Crippen LogP contribution is 2.32. The summed E-state index contributed by atoms with van der Waals surface area (Å²) in [5, 5.41) is 9.32. The van der Waals surface area contributed by atoms with Gasteiger partial charge in [0.25, 0.3) is 0 Å². The summed E-state index contributed by atoms with van der Waals surface area (Å²) in [5.41, 5.74) is -0.757. The summed E-state index contributed by atoms with van der Waals surface area (Å²) in [7, 11) is 1.80. The molecule has 0 saturated carbocycles. The maximum absolute atomic E-state index is 11.4. The van der Waals surface area contributed by atoms with Gasteiger partial charge >= 0.3 is 6.09 Å². The molecule has 1 N–H and O–H groups in total. The zero-order valence-electron chi connectivity index (χ0n) is 11.8. The number of rotatable bonds is 2. The Balaban J connectivity index is 1.99. The second kappa shape index (κ2) is 5.00. The first-order chi connectivity index (χ1) is 8.81. The molecule has 0 aromatic carbocycles. The van der Waals surface area contributed by atoms with Crippen LogP contribution in [-0.2, 0) is 9.53 Å². The monoisotopic (exact) mass is 270 g/mol. The molecule has 0 bridgehead atoms. The molecule has 0 aromatic heterocycles. The summed E-state index contributed by atoms with van der Waals surface area (Å²) in [5.74, 6) is 0.529. The zero-order chi connectivity index (χ0) is 14.2. The Morgan fingerprint density at radius 1 is 1.53 bits per heavy atom. The highest BCUT2D eigenvalue weighted by atomic mass is 16.5. The normalized spacial score (nSPS) is 30.8. The zero-order valence-corrected chi connectivity index (χ0v) is 11.8. The lowest BCUT2D eigenvalue weighted by Gasteiger charge is -2.35. The van der Waals surface area contributed by atoms with Crippen LogP contribution in [0.1, 0.15) is 33.1 Å². The number of hydrogen-bond acceptors (Lipinski definition) is 3. The highest BCUT2D eigenvalue weighted by Gasteiger charge is 2.44. The number of carbonyl (C=O) groups is 2. The fraction of sp³-hybridized carbons (Fsp3) is 0.846. The van der Waals surface area contributed by atoms with Gasteiger partial charge in [-0.1, -0.05) is 0 Å². The minimum atomic E-state index is -0.937. The SMILES string of the molecule is CN1CC(CC2COC(C)(C)N2C(=O)O)CCC1=O. The Bertz CT molecular complexity index is 383. The van der Waals surface area contributed by atoms with E-state index in [0.29, 0.717) is 25.5 Å². The first-order valence-electron chi connectivity index (χ1n) is 6.71. The Hall–Kier alpha value is -1.30. The van der Waals surface area contributed by atoms with Crippen LogP contribution >= 0.6 is 0 Å². The molecule has 2 aliphatic rings. The lowest BCUT2D eigenvalue weighted by molar-refractivity contribution is -0.133. The van der Waals surface area contributed by atoms with Gasteiger partial charge in [-0.15, -0.1) is 0 Å². The van der Waals surface area contributed by atoms with Crippen LogP contribution in [0.2, 0.25) is 0 Å². The van der Waals surface area contributed by atoms with Crippen LogP contribution in [0, 0.1) is 5.92 Å². The molecule has 2 unspecified atom stereocenters. The molecule has 0 radical (unpaired) electrons. The van der Waals surface area contributed by atoms with Crippen LogP contribution in [0.5, 0.6) is 0 Å². The molecule has 2 amide bonds. The molecular formula is C13H22N2O4. The minimum absolute atomic E-state index is 0.112. The average molecular weight is 270 g/mol. The number of piperidine rings is 1. The van der Waals surface area contributed by atoms with E-state index in [-0.39, 0.29) is 11.9 Å². The quantitative estimate of drug-likeness (QED) is 0.822. The summed E-state index contributed by atoms with van der Waals surface area (Å²) in [4.78, 5) is 26.0. The van der Waals surface area contributed by atoms with Crippen LogP contribution in [0.4, 0.5) is 4.79 Å². The molecule has 2 fully saturated rings. The maximum Gasteiger partial charge on any atom is 0.409 e. The molecule has 0 aromatic rings. The summed E-state index contributed by atoms with van der Waals surface area (Å²) in [6.45, 7) is 4.70. The predicted molar refractivity (Wildman–Crippen MR) is 68.7 cm³/mol. The van der Waals surface area contributed by atoms with E-state index in [2.05, 4.69) is 0 Å². The molecule has 2 atom stereocenters. The molecule has 2 saturated heterocycles. The van der Waals surface area contributed by atoms with Crippen molar-refractivity contribution in [2.75, 3.05) is 20.2 Å². The number of amides is 2. The molecule has 2 aliphatic heterocycles. The van der Waals surface area contributed by atoms with Crippen LogP contribution in [0.15, 0.2) is 0 Å². The van der Waals surface area contributed by atoms with Gasteiger partial charge in [-0.25, -0.2) is 4.79 Å². The van der Waals surface area contributed by atoms with E-state index in [4.69, 9.17) is 4.74 Å². The number of likely N-dealkylation sites (tertiary alicyclic amines) is 1. The fourth-order valence-corrected chi connectivity index (χ4v) is 3.12. The van der Waals surface area contributed by atoms with Gasteiger partial charge in [0.15, 0.2) is 0 Å². The Kier molecular flexibility index (Phi) is 3.71. The van der Waals surface area contributed by atoms with E-state index >= 15 is 0 Å². The molecule has 0 aliphatic carbocycles. The fourth-order valence-electron chi connectivity index (χ4n) is 3.12. The highest BCUT2D eigenvalue weighted by molar-refractivity contribution is 5.76. The van der Waals surface area contributed by atoms with Crippen LogP contribution in [0.25, 0.3) is 0 Å². The van der Waals surface area contributed by atoms with Crippen molar-refractivity contribution >= 4 is 12.0 Å². The van der Waals surface area contributed by atoms with Crippen molar-refractivity contribution in [3.05, 3.63) is 0 Å². The first-order valence-corrected chi connectivity index (χ1v) is 6.71. The molecular weight excluding hydrogens is 248 g/mol. The van der Waals surface area contributed by atoms with Crippen molar-refractivity contribution < 1.29 is 19.4 Å². The number of carboxylic acid groups (broad SMARTS) is 1. The van der Waals surface area contributed by atoms with Gasteiger partial charge in [-0.2, -0.15) is 0 Å². The molecule has 2 rings (SSSR count). The summed E-state index contributed by atoms with van der Waals surface area (Å²) in [6, 6.07) is -0.112. The van der Waals surface area contributed by atoms with Crippen LogP contribution < -0.4 is 0 Å². The number of carbonyl (C=O) groups excluding carboxylic acids is 1. The van der Waals surface area contributed by atoms with E-state index in [0.717, 1.165) is 12.8 Å². The topological polar surface area (TPSA) is 70.1 Å². The Morgan fingerprint density at radius 2 is 2.21 bits per heavy atom. The minimum Gasteiger partial charge on any atom is -0.465 e. The number of hydrogen-bond donors (Lipinski definition) is 1. The van der Waals surface area contributed by atoms with E-state index in [1.807, 2.05) is 0 Å². The van der Waals surface area contributed by atoms with Gasteiger partial charge in [-0.3, -0.25) is 9.69 Å². The van der Waals surface area contributed by atoms with Crippen molar-refractivity contribution in [2.45, 2.75) is 44.9 Å². The predicted octanol–water partition coefficient (Wildman–Crippen LogP) is 1.36. The molecule has 6 nitrogen and oxygen atoms in total. The van der Waals surface area contributed by atoms with Crippen LogP contribution in [-0.4, -0.2) is 58.9 Å². The number of nitrogens with zero attached hydrogens (tertiary/aromatic N) is 2. The first kappa shape index (κ1) is 14.1. The second-order valence-electron chi connectivity index (χ2n) is 5.98. The van der Waals surface area contributed by atoms with E-state index in [1.54, 1.807) is 25.8 Å². The molecule has 108 valence electrons. The van der Waals surface area contributed by atoms with Crippen molar-refractivity contribution in [2.24, 2.45) is 5.92 Å². The van der Waals surface area contributed by atoms with Gasteiger partial charge in [-0.05, 0) is 32.6 Å². The van der Waals surface area contributed by atoms with Crippen LogP contribution in [0.3, 0.4) is 0 Å². The summed E-state index contributed by atoms with van der Waals surface area (Å²) < 4.78 is 5.58. The third-order valence-electron chi connectivity index (χ3n) is 4.11. The van der Waals surface area contributed by atoms with Gasteiger partial charge in [0, 0.05) is 20.0 Å². The lowest BCUT2D eigenvalue weighted by Crippen LogP contribution is -2.48. The second-order valence-corrected chi connectivity index (χ2v) is 5.98. The average Bonchev–Trinajstić information content (AvgIpc) is 2.59. The van der Waals surface area contributed by atoms with Crippen molar-refractivity contribution in [1.82, 2.24) is 9.80 Å². The van der Waals surface area contributed by atoms with E-state index in [9.17, 15) is 14.7 Å². The van der Waals surface area contributed by atoms with Gasteiger partial charge in [0.05, 0.1) is 12.6 Å². The molecule has 19 heavy (non-hydrogen) atoms. The molecule has 2 heterocycles. The smallest absolute Gasteiger partial charge is 0.409 e. The molecule has 0 spiro atoms. The lowest BCUT2D eigenvalue weighted by atomic mass is 9.91. The van der Waals surface area contributed by atoms with Gasteiger partial charge < -0.3 is 14.7 Å². The van der Waals surface area contributed by atoms with Crippen molar-refractivity contribution in [3.8, 4) is 0 Å². The van der Waals surface area contributed by atoms with E-state index in [1.165, 1.54) is 4.90 Å². The third kappa shape index (κ3) is 2.83. The third-order valence-corrected chi connectivity index (χ3v) is 4.11. The largest absolute Gasteiger partial charge is 0.465 e. The summed E-state index contributed by atoms with van der Waals surface area (Å²) in [6.07, 6.45) is 1.22. The van der Waals surface area contributed by atoms with Gasteiger partial charge in [0.1, 0.15) is 5.72 Å². The van der Waals surface area contributed by atoms with Crippen molar-refractivity contribution in [3.63, 3.8) is 0 Å². The Labute approximate surface area is 113 Å². The maximum atomic E-state index is 11.4. The van der Waals surface area contributed by atoms with E-state index < -0.39 is 11.8 Å². The van der Waals surface area contributed by atoms with Gasteiger partial charge in [0.2, 0.25) is 5.91 Å². The molecule has 6 heteroatoms. The number of ether oxygens (including phenoxy) is 1. The Morgan fingerprint density at radius 3 is 2.79 bits per heavy atom. The standard InChI is InChI=1S/C13H22N2O4/c1-13(2)15(12(17)18)10(8-19-13)6-9-4-5-11(16)14(3)7-9/h9-10H,4-8H2,1-3H3,(H,17,18). The summed E-state index contributed by atoms with van der Waals surface area (Å²) >= 11 is 0. The van der Waals surface area contributed by atoms with Crippen molar-refractivity contribution in [1.29, 1.82) is 0 Å².